The lowest BCUT2D eigenvalue weighted by Gasteiger charge is -2.43. The van der Waals surface area contributed by atoms with E-state index in [-0.39, 0.29) is 30.2 Å². The predicted octanol–water partition coefficient (Wildman–Crippen LogP) is 4.66. The molecule has 6 rings (SSSR count). The van der Waals surface area contributed by atoms with Gasteiger partial charge in [-0.15, -0.1) is 0 Å². The summed E-state index contributed by atoms with van der Waals surface area (Å²) in [6.45, 7) is 1.65. The lowest BCUT2D eigenvalue weighted by Crippen LogP contribution is -2.50. The van der Waals surface area contributed by atoms with Crippen LogP contribution in [-0.4, -0.2) is 59.4 Å². The summed E-state index contributed by atoms with van der Waals surface area (Å²) in [6, 6.07) is 10.8. The first-order chi connectivity index (χ1) is 20.0. The Morgan fingerprint density at radius 2 is 1.88 bits per heavy atom. The van der Waals surface area contributed by atoms with Crippen molar-refractivity contribution in [1.82, 2.24) is 20.3 Å². The van der Waals surface area contributed by atoms with Crippen LogP contribution in [-0.2, 0) is 27.4 Å². The molecule has 0 unspecified atom stereocenters. The molecule has 0 radical (unpaired) electrons. The van der Waals surface area contributed by atoms with Crippen LogP contribution in [0.4, 0.5) is 0 Å². The summed E-state index contributed by atoms with van der Waals surface area (Å²) in [5, 5.41) is 8.46. The number of benzene rings is 2. The van der Waals surface area contributed by atoms with Crippen molar-refractivity contribution >= 4 is 40.3 Å². The number of nitrogens with zero attached hydrogens (tertiary/aromatic N) is 3. The van der Waals surface area contributed by atoms with E-state index < -0.39 is 12.0 Å². The van der Waals surface area contributed by atoms with Gasteiger partial charge < -0.3 is 24.4 Å². The molecule has 1 saturated heterocycles. The molecule has 3 aromatic rings. The molecule has 2 fully saturated rings. The number of para-hydroxylation sites is 1. The summed E-state index contributed by atoms with van der Waals surface area (Å²) in [5.74, 6) is -0.173. The van der Waals surface area contributed by atoms with Crippen molar-refractivity contribution in [3.05, 3.63) is 58.2 Å². The second kappa shape index (κ2) is 11.7. The maximum absolute atomic E-state index is 14.3. The predicted molar refractivity (Wildman–Crippen MR) is 153 cm³/mol. The molecule has 0 bridgehead atoms. The third-order valence-corrected chi connectivity index (χ3v) is 9.26. The zero-order chi connectivity index (χ0) is 28.5. The molecule has 1 N–H and O–H groups in total. The van der Waals surface area contributed by atoms with Gasteiger partial charge in [0, 0.05) is 60.9 Å². The van der Waals surface area contributed by atoms with Crippen molar-refractivity contribution in [3.8, 4) is 5.75 Å². The number of hydrogen-bond acceptors (Lipinski definition) is 6. The monoisotopic (exact) mass is 578 g/mol. The summed E-state index contributed by atoms with van der Waals surface area (Å²) in [5.41, 5.74) is 3.12. The SMILES string of the molecule is CNC(=O)[C@H]1CCCC[C@H]1C(=O)N1CCc2c(Cl)ccc(OCc3noc4ccccc34)c2[C@H]1CN1CCCC1=O. The lowest BCUT2D eigenvalue weighted by molar-refractivity contribution is -0.147. The number of likely N-dealkylation sites (tertiary alicyclic amines) is 1. The van der Waals surface area contributed by atoms with Crippen LogP contribution in [0.25, 0.3) is 11.0 Å². The smallest absolute Gasteiger partial charge is 0.227 e. The topological polar surface area (TPSA) is 105 Å². The molecule has 216 valence electrons. The van der Waals surface area contributed by atoms with Crippen LogP contribution in [0, 0.1) is 11.8 Å². The van der Waals surface area contributed by atoms with Crippen molar-refractivity contribution in [2.24, 2.45) is 11.8 Å². The lowest BCUT2D eigenvalue weighted by atomic mass is 9.77. The first-order valence-electron chi connectivity index (χ1n) is 14.5. The second-order valence-corrected chi connectivity index (χ2v) is 11.6. The second-order valence-electron chi connectivity index (χ2n) is 11.2. The van der Waals surface area contributed by atoms with E-state index in [0.29, 0.717) is 67.4 Å². The number of fused-ring (bicyclic) bond motifs is 2. The third kappa shape index (κ3) is 5.27. The molecule has 1 aliphatic carbocycles. The fourth-order valence-corrected chi connectivity index (χ4v) is 7.05. The Morgan fingerprint density at radius 1 is 1.07 bits per heavy atom. The highest BCUT2D eigenvalue weighted by Gasteiger charge is 2.43. The van der Waals surface area contributed by atoms with E-state index >= 15 is 0 Å². The van der Waals surface area contributed by atoms with Gasteiger partial charge in [-0.2, -0.15) is 0 Å². The fraction of sp³-hybridized carbons (Fsp3) is 0.484. The summed E-state index contributed by atoms with van der Waals surface area (Å²) < 4.78 is 11.9. The molecule has 1 aromatic heterocycles. The Kier molecular flexibility index (Phi) is 7.88. The standard InChI is InChI=1S/C31H35ClN4O5/c1-33-30(38)19-7-2-3-8-20(19)31(39)36-16-14-21-23(32)12-13-27(29(21)25(36)17-35-15-6-11-28(35)37)40-18-24-22-9-4-5-10-26(22)41-34-24/h4-5,9-10,12-13,19-20,25H,2-3,6-8,11,14-18H2,1H3,(H,33,38)/t19-,20+,25+/m0/s1. The zero-order valence-corrected chi connectivity index (χ0v) is 24.0. The van der Waals surface area contributed by atoms with Crippen LogP contribution in [0.2, 0.25) is 5.02 Å². The Balaban J connectivity index is 1.36. The Bertz CT molecular complexity index is 1470. The average molecular weight is 579 g/mol. The third-order valence-electron chi connectivity index (χ3n) is 8.90. The van der Waals surface area contributed by atoms with Gasteiger partial charge in [-0.3, -0.25) is 14.4 Å². The summed E-state index contributed by atoms with van der Waals surface area (Å²) in [7, 11) is 1.63. The molecular formula is C31H35ClN4O5. The molecular weight excluding hydrogens is 544 g/mol. The molecule has 3 amide bonds. The number of rotatable bonds is 7. The van der Waals surface area contributed by atoms with Crippen LogP contribution >= 0.6 is 11.6 Å². The van der Waals surface area contributed by atoms with Crippen LogP contribution in [0.1, 0.15) is 61.4 Å². The number of carbonyl (C=O) groups excluding carboxylic acids is 3. The summed E-state index contributed by atoms with van der Waals surface area (Å²) in [6.07, 6.45) is 5.08. The van der Waals surface area contributed by atoms with Crippen molar-refractivity contribution in [3.63, 3.8) is 0 Å². The van der Waals surface area contributed by atoms with Gasteiger partial charge in [-0.05, 0) is 55.5 Å². The van der Waals surface area contributed by atoms with Crippen LogP contribution in [0.3, 0.4) is 0 Å². The van der Waals surface area contributed by atoms with Gasteiger partial charge in [0.2, 0.25) is 17.7 Å². The van der Waals surface area contributed by atoms with E-state index in [4.69, 9.17) is 20.9 Å². The number of amides is 3. The van der Waals surface area contributed by atoms with Crippen molar-refractivity contribution in [2.75, 3.05) is 26.7 Å². The highest BCUT2D eigenvalue weighted by atomic mass is 35.5. The normalized spacial score (nSPS) is 22.6. The minimum absolute atomic E-state index is 0.0333. The highest BCUT2D eigenvalue weighted by molar-refractivity contribution is 6.31. The quantitative estimate of drug-likeness (QED) is 0.437. The Labute approximate surface area is 244 Å². The average Bonchev–Trinajstić information content (AvgIpc) is 3.61. The van der Waals surface area contributed by atoms with E-state index in [1.54, 1.807) is 7.05 Å². The molecule has 3 aliphatic rings. The van der Waals surface area contributed by atoms with Gasteiger partial charge in [-0.1, -0.05) is 41.7 Å². The van der Waals surface area contributed by atoms with E-state index in [1.165, 1.54) is 0 Å². The minimum atomic E-state index is -0.441. The number of halogens is 1. The van der Waals surface area contributed by atoms with Gasteiger partial charge in [0.25, 0.3) is 0 Å². The number of ether oxygens (including phenoxy) is 1. The van der Waals surface area contributed by atoms with Gasteiger partial charge in [-0.25, -0.2) is 0 Å². The molecule has 2 aromatic carbocycles. The molecule has 2 aliphatic heterocycles. The van der Waals surface area contributed by atoms with E-state index in [1.807, 2.05) is 46.2 Å². The number of carbonyl (C=O) groups is 3. The fourth-order valence-electron chi connectivity index (χ4n) is 6.79. The van der Waals surface area contributed by atoms with Crippen LogP contribution < -0.4 is 10.1 Å². The van der Waals surface area contributed by atoms with E-state index in [0.717, 1.165) is 35.8 Å². The molecule has 3 atom stereocenters. The van der Waals surface area contributed by atoms with Crippen LogP contribution in [0.5, 0.6) is 5.75 Å². The van der Waals surface area contributed by atoms with Gasteiger partial charge in [0.1, 0.15) is 18.1 Å². The molecule has 3 heterocycles. The van der Waals surface area contributed by atoms with E-state index in [2.05, 4.69) is 10.5 Å². The van der Waals surface area contributed by atoms with Crippen LogP contribution in [0.15, 0.2) is 40.9 Å². The van der Waals surface area contributed by atoms with Crippen molar-refractivity contribution < 1.29 is 23.6 Å². The molecule has 41 heavy (non-hydrogen) atoms. The molecule has 9 nitrogen and oxygen atoms in total. The maximum Gasteiger partial charge on any atom is 0.227 e. The number of aromatic nitrogens is 1. The largest absolute Gasteiger partial charge is 0.487 e. The summed E-state index contributed by atoms with van der Waals surface area (Å²) in [4.78, 5) is 43.6. The molecule has 0 spiro atoms. The Morgan fingerprint density at radius 3 is 2.66 bits per heavy atom. The molecule has 1 saturated carbocycles. The van der Waals surface area contributed by atoms with Gasteiger partial charge in [0.05, 0.1) is 6.04 Å². The highest BCUT2D eigenvalue weighted by Crippen LogP contribution is 2.43. The minimum Gasteiger partial charge on any atom is -0.487 e. The van der Waals surface area contributed by atoms with Crippen molar-refractivity contribution in [2.45, 2.75) is 57.6 Å². The molecule has 10 heteroatoms. The maximum atomic E-state index is 14.3. The van der Waals surface area contributed by atoms with Gasteiger partial charge >= 0.3 is 0 Å². The number of hydrogen-bond donors (Lipinski definition) is 1. The Hall–Kier alpha value is -3.59. The summed E-state index contributed by atoms with van der Waals surface area (Å²) >= 11 is 6.74. The zero-order valence-electron chi connectivity index (χ0n) is 23.2. The van der Waals surface area contributed by atoms with E-state index in [9.17, 15) is 14.4 Å². The first-order valence-corrected chi connectivity index (χ1v) is 14.9. The first kappa shape index (κ1) is 27.6. The number of nitrogens with one attached hydrogen (secondary N) is 1. The van der Waals surface area contributed by atoms with Gasteiger partial charge in [0.15, 0.2) is 5.58 Å². The van der Waals surface area contributed by atoms with Crippen molar-refractivity contribution in [1.29, 1.82) is 0 Å².